The van der Waals surface area contributed by atoms with Gasteiger partial charge >= 0.3 is 0 Å². The number of rotatable bonds is 6. The van der Waals surface area contributed by atoms with E-state index in [-0.39, 0.29) is 24.5 Å². The molecule has 1 saturated heterocycles. The number of piperazine rings is 1. The fraction of sp³-hybridized carbons (Fsp3) is 0.391. The van der Waals surface area contributed by atoms with Crippen LogP contribution in [0, 0.1) is 0 Å². The van der Waals surface area contributed by atoms with Gasteiger partial charge in [-0.1, -0.05) is 11.6 Å². The van der Waals surface area contributed by atoms with E-state index in [1.807, 2.05) is 11.0 Å². The molecular formula is C23H26ClN3O4. The zero-order valence-electron chi connectivity index (χ0n) is 17.4. The van der Waals surface area contributed by atoms with Crippen LogP contribution in [0.3, 0.4) is 0 Å². The summed E-state index contributed by atoms with van der Waals surface area (Å²) < 4.78 is 11.5. The van der Waals surface area contributed by atoms with Gasteiger partial charge in [0.05, 0.1) is 30.5 Å². The van der Waals surface area contributed by atoms with Crippen LogP contribution in [0.2, 0.25) is 5.02 Å². The maximum atomic E-state index is 12.8. The van der Waals surface area contributed by atoms with Gasteiger partial charge in [-0.15, -0.1) is 0 Å². The van der Waals surface area contributed by atoms with Crippen LogP contribution < -0.4 is 25.0 Å². The van der Waals surface area contributed by atoms with E-state index in [0.717, 1.165) is 18.5 Å². The second-order valence-electron chi connectivity index (χ2n) is 7.78. The van der Waals surface area contributed by atoms with Crippen LogP contribution in [0.5, 0.6) is 11.5 Å². The van der Waals surface area contributed by atoms with Crippen LogP contribution >= 0.6 is 11.6 Å². The number of nitrogens with zero attached hydrogens (tertiary/aromatic N) is 1. The zero-order valence-corrected chi connectivity index (χ0v) is 18.2. The van der Waals surface area contributed by atoms with Crippen LogP contribution in [0.4, 0.5) is 11.4 Å². The van der Waals surface area contributed by atoms with E-state index in [0.29, 0.717) is 40.9 Å². The molecular weight excluding hydrogens is 418 g/mol. The van der Waals surface area contributed by atoms with Crippen molar-refractivity contribution >= 4 is 34.8 Å². The van der Waals surface area contributed by atoms with Crippen molar-refractivity contribution in [1.82, 2.24) is 5.32 Å². The van der Waals surface area contributed by atoms with Crippen LogP contribution in [-0.2, 0) is 4.79 Å². The summed E-state index contributed by atoms with van der Waals surface area (Å²) in [6, 6.07) is 10.5. The molecule has 1 aliphatic heterocycles. The Bertz CT molecular complexity index is 975. The normalized spacial score (nSPS) is 16.7. The van der Waals surface area contributed by atoms with Crippen molar-refractivity contribution in [2.45, 2.75) is 31.8 Å². The van der Waals surface area contributed by atoms with Gasteiger partial charge in [-0.05, 0) is 62.1 Å². The number of halogens is 1. The van der Waals surface area contributed by atoms with Gasteiger partial charge in [0, 0.05) is 24.3 Å². The minimum absolute atomic E-state index is 0.0333. The van der Waals surface area contributed by atoms with Crippen LogP contribution in [0.1, 0.15) is 36.0 Å². The molecule has 2 amide bonds. The number of benzene rings is 2. The molecule has 164 valence electrons. The van der Waals surface area contributed by atoms with E-state index in [9.17, 15) is 9.59 Å². The van der Waals surface area contributed by atoms with Crippen LogP contribution in [0.15, 0.2) is 36.4 Å². The number of methoxy groups -OCH3 is 1. The van der Waals surface area contributed by atoms with Crippen molar-refractivity contribution < 1.29 is 19.1 Å². The molecule has 4 rings (SSSR count). The highest BCUT2D eigenvalue weighted by molar-refractivity contribution is 6.33. The van der Waals surface area contributed by atoms with E-state index in [1.165, 1.54) is 12.8 Å². The first-order valence-electron chi connectivity index (χ1n) is 10.5. The number of nitrogens with one attached hydrogen (secondary N) is 2. The Kier molecular flexibility index (Phi) is 6.51. The van der Waals surface area contributed by atoms with Gasteiger partial charge in [-0.3, -0.25) is 9.59 Å². The molecule has 0 spiro atoms. The van der Waals surface area contributed by atoms with Gasteiger partial charge in [0.1, 0.15) is 0 Å². The average Bonchev–Trinajstić information content (AvgIpc) is 3.27. The van der Waals surface area contributed by atoms with Gasteiger partial charge in [0.15, 0.2) is 11.5 Å². The first-order chi connectivity index (χ1) is 15.0. The highest BCUT2D eigenvalue weighted by Gasteiger charge is 2.21. The first-order valence-corrected chi connectivity index (χ1v) is 10.9. The van der Waals surface area contributed by atoms with Crippen LogP contribution in [-0.4, -0.2) is 44.7 Å². The lowest BCUT2D eigenvalue weighted by Gasteiger charge is -2.29. The second-order valence-corrected chi connectivity index (χ2v) is 8.19. The zero-order chi connectivity index (χ0) is 21.8. The fourth-order valence-corrected chi connectivity index (χ4v) is 4.28. The minimum Gasteiger partial charge on any atom is -0.493 e. The number of carbonyl (C=O) groups excluding carboxylic acids is 2. The summed E-state index contributed by atoms with van der Waals surface area (Å²) in [5.74, 6) is 0.890. The Morgan fingerprint density at radius 3 is 2.68 bits per heavy atom. The molecule has 0 unspecified atom stereocenters. The Hall–Kier alpha value is -2.93. The number of carbonyl (C=O) groups is 2. The maximum Gasteiger partial charge on any atom is 0.255 e. The molecule has 0 atom stereocenters. The molecule has 8 heteroatoms. The monoisotopic (exact) mass is 443 g/mol. The highest BCUT2D eigenvalue weighted by atomic mass is 35.5. The Labute approximate surface area is 186 Å². The molecule has 0 radical (unpaired) electrons. The largest absolute Gasteiger partial charge is 0.493 e. The average molecular weight is 444 g/mol. The SMILES string of the molecule is COc1cc(C(=O)Nc2ccc(N3CCNC(=O)C3)c(Cl)c2)ccc1OC1CCCC1. The summed E-state index contributed by atoms with van der Waals surface area (Å²) in [5.41, 5.74) is 1.80. The molecule has 2 fully saturated rings. The Morgan fingerprint density at radius 2 is 1.97 bits per heavy atom. The summed E-state index contributed by atoms with van der Waals surface area (Å²) in [6.45, 7) is 1.53. The number of amides is 2. The molecule has 1 saturated carbocycles. The number of hydrogen-bond acceptors (Lipinski definition) is 5. The lowest BCUT2D eigenvalue weighted by atomic mass is 10.1. The molecule has 7 nitrogen and oxygen atoms in total. The lowest BCUT2D eigenvalue weighted by Crippen LogP contribution is -2.47. The first kappa shape index (κ1) is 21.3. The number of hydrogen-bond donors (Lipinski definition) is 2. The molecule has 2 N–H and O–H groups in total. The molecule has 2 aromatic carbocycles. The van der Waals surface area contributed by atoms with Crippen molar-refractivity contribution in [3.8, 4) is 11.5 Å². The highest BCUT2D eigenvalue weighted by Crippen LogP contribution is 2.33. The molecule has 2 aliphatic rings. The van der Waals surface area contributed by atoms with Crippen molar-refractivity contribution in [2.24, 2.45) is 0 Å². The number of ether oxygens (including phenoxy) is 2. The molecule has 0 bridgehead atoms. The maximum absolute atomic E-state index is 12.8. The summed E-state index contributed by atoms with van der Waals surface area (Å²) in [4.78, 5) is 26.3. The number of anilines is 2. The van der Waals surface area contributed by atoms with Crippen molar-refractivity contribution in [3.05, 3.63) is 47.0 Å². The summed E-state index contributed by atoms with van der Waals surface area (Å²) in [6.07, 6.45) is 4.66. The predicted octanol–water partition coefficient (Wildman–Crippen LogP) is 3.86. The van der Waals surface area contributed by atoms with Gasteiger partial charge in [0.2, 0.25) is 5.91 Å². The van der Waals surface area contributed by atoms with Gasteiger partial charge in [-0.2, -0.15) is 0 Å². The molecule has 1 heterocycles. The third kappa shape index (κ3) is 5.05. The van der Waals surface area contributed by atoms with Crippen molar-refractivity contribution in [2.75, 3.05) is 37.0 Å². The summed E-state index contributed by atoms with van der Waals surface area (Å²) in [7, 11) is 1.57. The lowest BCUT2D eigenvalue weighted by molar-refractivity contribution is -0.120. The topological polar surface area (TPSA) is 79.9 Å². The fourth-order valence-electron chi connectivity index (χ4n) is 3.98. The van der Waals surface area contributed by atoms with Gasteiger partial charge in [0.25, 0.3) is 5.91 Å². The van der Waals surface area contributed by atoms with E-state index in [4.69, 9.17) is 21.1 Å². The smallest absolute Gasteiger partial charge is 0.255 e. The van der Waals surface area contributed by atoms with E-state index in [1.54, 1.807) is 37.4 Å². The molecule has 2 aromatic rings. The Morgan fingerprint density at radius 1 is 1.16 bits per heavy atom. The van der Waals surface area contributed by atoms with Crippen molar-refractivity contribution in [1.29, 1.82) is 0 Å². The minimum atomic E-state index is -0.271. The van der Waals surface area contributed by atoms with Gasteiger partial charge < -0.3 is 25.0 Å². The summed E-state index contributed by atoms with van der Waals surface area (Å²) >= 11 is 6.43. The van der Waals surface area contributed by atoms with Gasteiger partial charge in [-0.25, -0.2) is 0 Å². The molecule has 31 heavy (non-hydrogen) atoms. The third-order valence-electron chi connectivity index (χ3n) is 5.61. The Balaban J connectivity index is 1.45. The molecule has 1 aliphatic carbocycles. The predicted molar refractivity (Wildman–Crippen MR) is 121 cm³/mol. The second kappa shape index (κ2) is 9.47. The van der Waals surface area contributed by atoms with E-state index < -0.39 is 0 Å². The van der Waals surface area contributed by atoms with E-state index >= 15 is 0 Å². The molecule has 0 aromatic heterocycles. The third-order valence-corrected chi connectivity index (χ3v) is 5.91. The quantitative estimate of drug-likeness (QED) is 0.708. The summed E-state index contributed by atoms with van der Waals surface area (Å²) in [5, 5.41) is 6.13. The van der Waals surface area contributed by atoms with E-state index in [2.05, 4.69) is 10.6 Å². The van der Waals surface area contributed by atoms with Crippen LogP contribution in [0.25, 0.3) is 0 Å². The standard InChI is InChI=1S/C23H26ClN3O4/c1-30-21-12-15(6-9-20(21)31-17-4-2-3-5-17)23(29)26-16-7-8-19(18(24)13-16)27-11-10-25-22(28)14-27/h6-9,12-13,17H,2-5,10-11,14H2,1H3,(H,25,28)(H,26,29). The van der Waals surface area contributed by atoms with Crippen molar-refractivity contribution in [3.63, 3.8) is 0 Å².